The minimum Gasteiger partial charge on any atom is -0.481 e. The van der Waals surface area contributed by atoms with Crippen LogP contribution in [0.5, 0.6) is 5.88 Å². The van der Waals surface area contributed by atoms with Crippen molar-refractivity contribution in [3.05, 3.63) is 53.7 Å². The first kappa shape index (κ1) is 13.4. The van der Waals surface area contributed by atoms with Crippen LogP contribution in [-0.4, -0.2) is 17.1 Å². The zero-order valence-corrected chi connectivity index (χ0v) is 10.9. The molecule has 1 unspecified atom stereocenters. The molecule has 0 aromatic carbocycles. The number of methoxy groups -OCH3 is 1. The van der Waals surface area contributed by atoms with Crippen molar-refractivity contribution >= 4 is 0 Å². The highest BCUT2D eigenvalue weighted by atomic mass is 19.1. The smallest absolute Gasteiger partial charge is 0.217 e. The van der Waals surface area contributed by atoms with Crippen molar-refractivity contribution in [1.82, 2.24) is 15.3 Å². The Hall–Kier alpha value is -2.01. The van der Waals surface area contributed by atoms with Gasteiger partial charge in [-0.05, 0) is 25.1 Å². The quantitative estimate of drug-likeness (QED) is 0.898. The third-order valence-electron chi connectivity index (χ3n) is 2.84. The Kier molecular flexibility index (Phi) is 4.41. The molecule has 5 heteroatoms. The van der Waals surface area contributed by atoms with Crippen LogP contribution < -0.4 is 10.1 Å². The van der Waals surface area contributed by atoms with Crippen LogP contribution in [0.15, 0.2) is 36.7 Å². The van der Waals surface area contributed by atoms with Crippen LogP contribution in [0.4, 0.5) is 4.39 Å². The van der Waals surface area contributed by atoms with E-state index in [4.69, 9.17) is 4.74 Å². The number of hydrogen-bond donors (Lipinski definition) is 1. The predicted molar refractivity (Wildman–Crippen MR) is 70.2 cm³/mol. The van der Waals surface area contributed by atoms with E-state index < -0.39 is 0 Å². The molecule has 0 bridgehead atoms. The number of aromatic nitrogens is 2. The Balaban J connectivity index is 2.00. The van der Waals surface area contributed by atoms with Crippen molar-refractivity contribution in [3.63, 3.8) is 0 Å². The molecule has 0 aliphatic heterocycles. The molecule has 19 heavy (non-hydrogen) atoms. The maximum atomic E-state index is 12.8. The lowest BCUT2D eigenvalue weighted by atomic mass is 10.2. The number of rotatable bonds is 5. The molecule has 4 nitrogen and oxygen atoms in total. The van der Waals surface area contributed by atoms with Gasteiger partial charge in [0.05, 0.1) is 19.0 Å². The first-order valence-corrected chi connectivity index (χ1v) is 6.03. The lowest BCUT2D eigenvalue weighted by molar-refractivity contribution is 0.389. The molecule has 0 radical (unpaired) electrons. The molecule has 2 aromatic rings. The second kappa shape index (κ2) is 6.24. The van der Waals surface area contributed by atoms with E-state index in [-0.39, 0.29) is 11.9 Å². The van der Waals surface area contributed by atoms with Crippen molar-refractivity contribution < 1.29 is 9.13 Å². The van der Waals surface area contributed by atoms with Gasteiger partial charge in [0.25, 0.3) is 0 Å². The average Bonchev–Trinajstić information content (AvgIpc) is 2.45. The van der Waals surface area contributed by atoms with Gasteiger partial charge >= 0.3 is 0 Å². The summed E-state index contributed by atoms with van der Waals surface area (Å²) in [6, 6.07) is 6.91. The Labute approximate surface area is 111 Å². The zero-order chi connectivity index (χ0) is 13.7. The van der Waals surface area contributed by atoms with E-state index in [1.807, 2.05) is 19.1 Å². The van der Waals surface area contributed by atoms with Gasteiger partial charge in [0.15, 0.2) is 0 Å². The van der Waals surface area contributed by atoms with Crippen molar-refractivity contribution in [2.24, 2.45) is 0 Å². The van der Waals surface area contributed by atoms with E-state index in [1.165, 1.54) is 12.3 Å². The van der Waals surface area contributed by atoms with E-state index in [0.29, 0.717) is 12.4 Å². The first-order valence-electron chi connectivity index (χ1n) is 6.03. The Morgan fingerprint density at radius 1 is 1.32 bits per heavy atom. The fourth-order valence-corrected chi connectivity index (χ4v) is 1.75. The molecule has 0 amide bonds. The minimum absolute atomic E-state index is 0.0190. The third-order valence-corrected chi connectivity index (χ3v) is 2.84. The highest BCUT2D eigenvalue weighted by Crippen LogP contribution is 2.15. The zero-order valence-electron chi connectivity index (χ0n) is 10.9. The van der Waals surface area contributed by atoms with Crippen LogP contribution in [0.2, 0.25) is 0 Å². The molecule has 0 saturated heterocycles. The standard InChI is InChI=1S/C14H16FN3O/c1-10(13-6-5-12(15)9-18-13)17-8-11-4-3-7-16-14(11)19-2/h3-7,9-10,17H,8H2,1-2H3. The summed E-state index contributed by atoms with van der Waals surface area (Å²) in [7, 11) is 1.59. The summed E-state index contributed by atoms with van der Waals surface area (Å²) in [6.45, 7) is 2.58. The Bertz CT molecular complexity index is 530. The maximum Gasteiger partial charge on any atom is 0.217 e. The van der Waals surface area contributed by atoms with Crippen LogP contribution in [0.3, 0.4) is 0 Å². The molecule has 0 saturated carbocycles. The highest BCUT2D eigenvalue weighted by Gasteiger charge is 2.09. The molecular weight excluding hydrogens is 245 g/mol. The second-order valence-corrected chi connectivity index (χ2v) is 4.18. The molecule has 0 spiro atoms. The number of nitrogens with one attached hydrogen (secondary N) is 1. The van der Waals surface area contributed by atoms with Crippen molar-refractivity contribution in [2.45, 2.75) is 19.5 Å². The predicted octanol–water partition coefficient (Wildman–Crippen LogP) is 2.48. The summed E-state index contributed by atoms with van der Waals surface area (Å²) in [4.78, 5) is 8.18. The molecular formula is C14H16FN3O. The van der Waals surface area contributed by atoms with Crippen LogP contribution >= 0.6 is 0 Å². The summed E-state index contributed by atoms with van der Waals surface area (Å²) >= 11 is 0. The highest BCUT2D eigenvalue weighted by molar-refractivity contribution is 5.25. The lowest BCUT2D eigenvalue weighted by Crippen LogP contribution is -2.19. The SMILES string of the molecule is COc1ncccc1CNC(C)c1ccc(F)cn1. The van der Waals surface area contributed by atoms with Crippen LogP contribution in [0.1, 0.15) is 24.2 Å². The number of ether oxygens (including phenoxy) is 1. The molecule has 0 aliphatic carbocycles. The number of nitrogens with zero attached hydrogens (tertiary/aromatic N) is 2. The fourth-order valence-electron chi connectivity index (χ4n) is 1.75. The number of pyridine rings is 2. The summed E-state index contributed by atoms with van der Waals surface area (Å²) in [5.41, 5.74) is 1.77. The van der Waals surface area contributed by atoms with Crippen LogP contribution in [0, 0.1) is 5.82 Å². The van der Waals surface area contributed by atoms with Crippen molar-refractivity contribution in [1.29, 1.82) is 0 Å². The number of halogens is 1. The Morgan fingerprint density at radius 2 is 2.16 bits per heavy atom. The topological polar surface area (TPSA) is 47.0 Å². The van der Waals surface area contributed by atoms with Gasteiger partial charge in [-0.1, -0.05) is 6.07 Å². The molecule has 1 atom stereocenters. The van der Waals surface area contributed by atoms with E-state index in [0.717, 1.165) is 11.3 Å². The van der Waals surface area contributed by atoms with Gasteiger partial charge in [-0.2, -0.15) is 0 Å². The summed E-state index contributed by atoms with van der Waals surface area (Å²) in [5, 5.41) is 3.30. The number of hydrogen-bond acceptors (Lipinski definition) is 4. The van der Waals surface area contributed by atoms with E-state index in [2.05, 4.69) is 15.3 Å². The monoisotopic (exact) mass is 261 g/mol. The lowest BCUT2D eigenvalue weighted by Gasteiger charge is -2.14. The van der Waals surface area contributed by atoms with Gasteiger partial charge in [-0.15, -0.1) is 0 Å². The molecule has 2 rings (SSSR count). The van der Waals surface area contributed by atoms with E-state index in [9.17, 15) is 4.39 Å². The first-order chi connectivity index (χ1) is 9.20. The molecule has 100 valence electrons. The van der Waals surface area contributed by atoms with Crippen LogP contribution in [-0.2, 0) is 6.54 Å². The fraction of sp³-hybridized carbons (Fsp3) is 0.286. The van der Waals surface area contributed by atoms with E-state index in [1.54, 1.807) is 19.4 Å². The van der Waals surface area contributed by atoms with Gasteiger partial charge in [0, 0.05) is 24.3 Å². The van der Waals surface area contributed by atoms with Gasteiger partial charge in [0.1, 0.15) is 5.82 Å². The Morgan fingerprint density at radius 3 is 2.84 bits per heavy atom. The van der Waals surface area contributed by atoms with Gasteiger partial charge < -0.3 is 10.1 Å². The normalized spacial score (nSPS) is 12.2. The molecule has 0 fully saturated rings. The summed E-state index contributed by atoms with van der Waals surface area (Å²) < 4.78 is 18.0. The van der Waals surface area contributed by atoms with Crippen LogP contribution in [0.25, 0.3) is 0 Å². The van der Waals surface area contributed by atoms with Crippen molar-refractivity contribution in [3.8, 4) is 5.88 Å². The summed E-state index contributed by atoms with van der Waals surface area (Å²) in [5.74, 6) is 0.277. The van der Waals surface area contributed by atoms with Crippen molar-refractivity contribution in [2.75, 3.05) is 7.11 Å². The molecule has 1 N–H and O–H groups in total. The van der Waals surface area contributed by atoms with Gasteiger partial charge in [0.2, 0.25) is 5.88 Å². The summed E-state index contributed by atoms with van der Waals surface area (Å²) in [6.07, 6.45) is 2.91. The third kappa shape index (κ3) is 3.48. The average molecular weight is 261 g/mol. The molecule has 2 aromatic heterocycles. The maximum absolute atomic E-state index is 12.8. The largest absolute Gasteiger partial charge is 0.481 e. The molecule has 2 heterocycles. The second-order valence-electron chi connectivity index (χ2n) is 4.18. The van der Waals surface area contributed by atoms with Gasteiger partial charge in [-0.3, -0.25) is 4.98 Å². The minimum atomic E-state index is -0.329. The van der Waals surface area contributed by atoms with Gasteiger partial charge in [-0.25, -0.2) is 9.37 Å². The molecule has 0 aliphatic rings. The van der Waals surface area contributed by atoms with E-state index >= 15 is 0 Å².